The van der Waals surface area contributed by atoms with Gasteiger partial charge in [-0.2, -0.15) is 0 Å². The van der Waals surface area contributed by atoms with Crippen LogP contribution < -0.4 is 10.2 Å². The summed E-state index contributed by atoms with van der Waals surface area (Å²) in [4.78, 5) is 9.96. The van der Waals surface area contributed by atoms with E-state index in [1.807, 2.05) is 6.20 Å². The van der Waals surface area contributed by atoms with E-state index >= 15 is 0 Å². The Balaban J connectivity index is 1.30. The second-order valence-corrected chi connectivity index (χ2v) is 9.76. The lowest BCUT2D eigenvalue weighted by Crippen LogP contribution is -2.45. The molecule has 3 aliphatic rings. The van der Waals surface area contributed by atoms with E-state index in [9.17, 15) is 0 Å². The minimum absolute atomic E-state index is 0.456. The van der Waals surface area contributed by atoms with Crippen molar-refractivity contribution in [2.45, 2.75) is 64.1 Å². The first-order valence-corrected chi connectivity index (χ1v) is 11.9. The fraction of sp³-hybridized carbons (Fsp3) is 0.577. The van der Waals surface area contributed by atoms with E-state index in [1.165, 1.54) is 67.7 Å². The van der Waals surface area contributed by atoms with Gasteiger partial charge in [0.2, 0.25) is 0 Å². The van der Waals surface area contributed by atoms with Crippen molar-refractivity contribution in [1.82, 2.24) is 15.2 Å². The number of nitrogens with one attached hydrogen (secondary N) is 1. The van der Waals surface area contributed by atoms with Crippen LogP contribution in [0, 0.1) is 5.92 Å². The largest absolute Gasteiger partial charge is 0.371 e. The maximum Gasteiger partial charge on any atom is 0.0607 e. The molecular weight excluding hydrogens is 368 g/mol. The zero-order chi connectivity index (χ0) is 20.5. The fourth-order valence-corrected chi connectivity index (χ4v) is 5.76. The Morgan fingerprint density at radius 3 is 2.80 bits per heavy atom. The summed E-state index contributed by atoms with van der Waals surface area (Å²) in [6.07, 6.45) is 9.41. The molecule has 4 nitrogen and oxygen atoms in total. The number of likely N-dealkylation sites (N-methyl/N-ethyl adjacent to an activating group) is 1. The van der Waals surface area contributed by atoms with Crippen LogP contribution in [0.15, 0.2) is 36.5 Å². The van der Waals surface area contributed by atoms with Crippen LogP contribution in [0.2, 0.25) is 0 Å². The molecule has 1 N–H and O–H groups in total. The first-order chi connectivity index (χ1) is 14.7. The molecule has 2 atom stereocenters. The van der Waals surface area contributed by atoms with E-state index in [0.29, 0.717) is 12.1 Å². The maximum atomic E-state index is 4.76. The van der Waals surface area contributed by atoms with Gasteiger partial charge >= 0.3 is 0 Å². The summed E-state index contributed by atoms with van der Waals surface area (Å²) in [5, 5.41) is 3.83. The number of pyridine rings is 1. The SMILES string of the molecule is CC1CCN(c2cccc3c2C[C@H](CN(C)[C@H]2CCCc4cccnc42)NC3)CC1. The molecule has 0 radical (unpaired) electrons. The molecule has 2 aromatic rings. The van der Waals surface area contributed by atoms with E-state index in [-0.39, 0.29) is 0 Å². The van der Waals surface area contributed by atoms with Crippen LogP contribution in [0.25, 0.3) is 0 Å². The molecule has 1 aliphatic carbocycles. The van der Waals surface area contributed by atoms with Crippen LogP contribution in [-0.2, 0) is 19.4 Å². The maximum absolute atomic E-state index is 4.76. The van der Waals surface area contributed by atoms with Crippen LogP contribution in [0.1, 0.15) is 61.0 Å². The Hall–Kier alpha value is -1.91. The van der Waals surface area contributed by atoms with Crippen LogP contribution in [0.3, 0.4) is 0 Å². The molecule has 30 heavy (non-hydrogen) atoms. The standard InChI is InChI=1S/C26H36N4/c1-19-11-14-30(15-12-19)24-9-4-7-21-17-28-22(16-23(21)24)18-29(2)25-10-3-6-20-8-5-13-27-26(20)25/h4-5,7-9,13,19,22,25,28H,3,6,10-12,14-18H2,1-2H3/t22-,25+/m1/s1. The summed E-state index contributed by atoms with van der Waals surface area (Å²) in [6, 6.07) is 12.2. The van der Waals surface area contributed by atoms with Gasteiger partial charge in [-0.15, -0.1) is 0 Å². The van der Waals surface area contributed by atoms with Crippen molar-refractivity contribution >= 4 is 5.69 Å². The number of fused-ring (bicyclic) bond motifs is 2. The van der Waals surface area contributed by atoms with Crippen molar-refractivity contribution in [3.8, 4) is 0 Å². The topological polar surface area (TPSA) is 31.4 Å². The third-order valence-corrected chi connectivity index (χ3v) is 7.61. The molecule has 0 amide bonds. The number of aromatic nitrogens is 1. The molecule has 0 unspecified atom stereocenters. The lowest BCUT2D eigenvalue weighted by Gasteiger charge is -2.38. The summed E-state index contributed by atoms with van der Waals surface area (Å²) in [5.41, 5.74) is 7.34. The number of anilines is 1. The van der Waals surface area contributed by atoms with Crippen molar-refractivity contribution < 1.29 is 0 Å². The Morgan fingerprint density at radius 1 is 1.10 bits per heavy atom. The minimum atomic E-state index is 0.456. The average molecular weight is 405 g/mol. The molecule has 5 rings (SSSR count). The van der Waals surface area contributed by atoms with Crippen molar-refractivity contribution in [3.63, 3.8) is 0 Å². The lowest BCUT2D eigenvalue weighted by atomic mass is 9.89. The average Bonchev–Trinajstić information content (AvgIpc) is 2.79. The van der Waals surface area contributed by atoms with Gasteiger partial charge in [0, 0.05) is 44.1 Å². The van der Waals surface area contributed by atoms with Gasteiger partial charge in [0.25, 0.3) is 0 Å². The summed E-state index contributed by atoms with van der Waals surface area (Å²) in [7, 11) is 2.30. The molecular formula is C26H36N4. The van der Waals surface area contributed by atoms with Gasteiger partial charge < -0.3 is 10.2 Å². The number of aryl methyl sites for hydroxylation is 1. The van der Waals surface area contributed by atoms with Crippen molar-refractivity contribution in [3.05, 3.63) is 58.9 Å². The van der Waals surface area contributed by atoms with Gasteiger partial charge in [-0.05, 0) is 80.3 Å². The number of rotatable bonds is 4. The summed E-state index contributed by atoms with van der Waals surface area (Å²) < 4.78 is 0. The van der Waals surface area contributed by atoms with Gasteiger partial charge in [0.1, 0.15) is 0 Å². The normalized spacial score (nSPS) is 24.6. The summed E-state index contributed by atoms with van der Waals surface area (Å²) in [6.45, 7) is 6.88. The van der Waals surface area contributed by atoms with Crippen molar-refractivity contribution in [1.29, 1.82) is 0 Å². The zero-order valence-electron chi connectivity index (χ0n) is 18.6. The van der Waals surface area contributed by atoms with Crippen molar-refractivity contribution in [2.75, 3.05) is 31.6 Å². The minimum Gasteiger partial charge on any atom is -0.371 e. The Labute approximate surface area is 181 Å². The molecule has 0 saturated carbocycles. The molecule has 160 valence electrons. The van der Waals surface area contributed by atoms with Crippen LogP contribution in [-0.4, -0.2) is 42.6 Å². The van der Waals surface area contributed by atoms with Gasteiger partial charge in [-0.25, -0.2) is 0 Å². The number of benzene rings is 1. The predicted molar refractivity (Wildman–Crippen MR) is 124 cm³/mol. The van der Waals surface area contributed by atoms with Gasteiger partial charge in [0.15, 0.2) is 0 Å². The Morgan fingerprint density at radius 2 is 1.93 bits per heavy atom. The first kappa shape index (κ1) is 20.0. The highest BCUT2D eigenvalue weighted by atomic mass is 15.2. The van der Waals surface area contributed by atoms with Gasteiger partial charge in [0.05, 0.1) is 11.7 Å². The number of hydrogen-bond donors (Lipinski definition) is 1. The van der Waals surface area contributed by atoms with E-state index in [2.05, 4.69) is 59.4 Å². The third-order valence-electron chi connectivity index (χ3n) is 7.61. The number of hydrogen-bond acceptors (Lipinski definition) is 4. The molecule has 1 saturated heterocycles. The monoisotopic (exact) mass is 404 g/mol. The van der Waals surface area contributed by atoms with E-state index < -0.39 is 0 Å². The van der Waals surface area contributed by atoms with Gasteiger partial charge in [-0.1, -0.05) is 25.1 Å². The molecule has 3 heterocycles. The molecule has 2 aliphatic heterocycles. The van der Waals surface area contributed by atoms with Crippen LogP contribution >= 0.6 is 0 Å². The highest BCUT2D eigenvalue weighted by Crippen LogP contribution is 2.34. The molecule has 1 aromatic carbocycles. The highest BCUT2D eigenvalue weighted by molar-refractivity contribution is 5.58. The quantitative estimate of drug-likeness (QED) is 0.821. The second-order valence-electron chi connectivity index (χ2n) is 9.76. The smallest absolute Gasteiger partial charge is 0.0607 e. The van der Waals surface area contributed by atoms with Gasteiger partial charge in [-0.3, -0.25) is 9.88 Å². The number of nitrogens with zero attached hydrogens (tertiary/aromatic N) is 3. The fourth-order valence-electron chi connectivity index (χ4n) is 5.76. The lowest BCUT2D eigenvalue weighted by molar-refractivity contribution is 0.191. The zero-order valence-corrected chi connectivity index (χ0v) is 18.6. The second kappa shape index (κ2) is 8.68. The molecule has 4 heteroatoms. The summed E-state index contributed by atoms with van der Waals surface area (Å²) >= 11 is 0. The predicted octanol–water partition coefficient (Wildman–Crippen LogP) is 4.34. The molecule has 1 fully saturated rings. The summed E-state index contributed by atoms with van der Waals surface area (Å²) in [5.74, 6) is 0.871. The Kier molecular flexibility index (Phi) is 5.79. The van der Waals surface area contributed by atoms with Crippen molar-refractivity contribution in [2.24, 2.45) is 5.92 Å². The van der Waals surface area contributed by atoms with E-state index in [0.717, 1.165) is 25.4 Å². The molecule has 0 spiro atoms. The Bertz CT molecular complexity index is 871. The van der Waals surface area contributed by atoms with E-state index in [4.69, 9.17) is 4.98 Å². The molecule has 0 bridgehead atoms. The third kappa shape index (κ3) is 4.00. The number of piperidine rings is 1. The van der Waals surface area contributed by atoms with Crippen LogP contribution in [0.5, 0.6) is 0 Å². The van der Waals surface area contributed by atoms with E-state index in [1.54, 1.807) is 5.56 Å². The van der Waals surface area contributed by atoms with Crippen LogP contribution in [0.4, 0.5) is 5.69 Å². The molecule has 1 aromatic heterocycles. The first-order valence-electron chi connectivity index (χ1n) is 11.9. The highest BCUT2D eigenvalue weighted by Gasteiger charge is 2.29.